The molecular formula is C12H23N3O2. The van der Waals surface area contributed by atoms with E-state index in [-0.39, 0.29) is 18.0 Å². The van der Waals surface area contributed by atoms with Crippen LogP contribution in [0.15, 0.2) is 0 Å². The van der Waals surface area contributed by atoms with Gasteiger partial charge < -0.3 is 16.0 Å². The molecule has 17 heavy (non-hydrogen) atoms. The van der Waals surface area contributed by atoms with Crippen molar-refractivity contribution in [3.05, 3.63) is 0 Å². The van der Waals surface area contributed by atoms with E-state index in [0.29, 0.717) is 6.42 Å². The highest BCUT2D eigenvalue weighted by molar-refractivity contribution is 5.84. The van der Waals surface area contributed by atoms with Gasteiger partial charge >= 0.3 is 0 Å². The predicted molar refractivity (Wildman–Crippen MR) is 66.3 cm³/mol. The van der Waals surface area contributed by atoms with Gasteiger partial charge in [0.05, 0.1) is 6.54 Å². The van der Waals surface area contributed by atoms with Crippen molar-refractivity contribution in [2.75, 3.05) is 20.6 Å². The van der Waals surface area contributed by atoms with Gasteiger partial charge in [-0.2, -0.15) is 0 Å². The van der Waals surface area contributed by atoms with Crippen LogP contribution in [0.4, 0.5) is 0 Å². The Labute approximate surface area is 103 Å². The molecule has 0 radical (unpaired) electrons. The third kappa shape index (κ3) is 4.00. The van der Waals surface area contributed by atoms with Gasteiger partial charge in [-0.3, -0.25) is 9.59 Å². The molecule has 0 atom stereocenters. The van der Waals surface area contributed by atoms with Crippen LogP contribution in [0, 0.1) is 0 Å². The summed E-state index contributed by atoms with van der Waals surface area (Å²) in [6.45, 7) is -0.00136. The summed E-state index contributed by atoms with van der Waals surface area (Å²) in [4.78, 5) is 24.2. The number of likely N-dealkylation sites (N-methyl/N-ethyl adjacent to an activating group) is 1. The Kier molecular flexibility index (Phi) is 4.93. The summed E-state index contributed by atoms with van der Waals surface area (Å²) in [5.41, 5.74) is 5.00. The van der Waals surface area contributed by atoms with Gasteiger partial charge in [-0.05, 0) is 19.9 Å². The molecule has 3 N–H and O–H groups in total. The lowest BCUT2D eigenvalue weighted by molar-refractivity contribution is -0.135. The third-order valence-corrected chi connectivity index (χ3v) is 3.65. The van der Waals surface area contributed by atoms with Gasteiger partial charge in [0.1, 0.15) is 0 Å². The SMILES string of the molecule is CNC1(CC(=O)N(C)CC(N)=O)CCCCC1. The zero-order valence-electron chi connectivity index (χ0n) is 10.8. The maximum absolute atomic E-state index is 12.0. The fourth-order valence-electron chi connectivity index (χ4n) is 2.49. The first-order valence-corrected chi connectivity index (χ1v) is 6.20. The average molecular weight is 241 g/mol. The molecule has 1 saturated carbocycles. The van der Waals surface area contributed by atoms with Gasteiger partial charge in [-0.1, -0.05) is 19.3 Å². The van der Waals surface area contributed by atoms with Crippen LogP contribution in [0.2, 0.25) is 0 Å². The van der Waals surface area contributed by atoms with E-state index in [9.17, 15) is 9.59 Å². The summed E-state index contributed by atoms with van der Waals surface area (Å²) in [5, 5.41) is 3.29. The van der Waals surface area contributed by atoms with Crippen LogP contribution in [-0.4, -0.2) is 42.9 Å². The van der Waals surface area contributed by atoms with E-state index in [1.807, 2.05) is 7.05 Å². The second-order valence-electron chi connectivity index (χ2n) is 4.98. The molecule has 5 heteroatoms. The van der Waals surface area contributed by atoms with Crippen LogP contribution in [-0.2, 0) is 9.59 Å². The zero-order chi connectivity index (χ0) is 12.9. The Morgan fingerprint density at radius 1 is 1.29 bits per heavy atom. The quantitative estimate of drug-likeness (QED) is 0.724. The molecule has 0 aromatic rings. The number of hydrogen-bond donors (Lipinski definition) is 2. The lowest BCUT2D eigenvalue weighted by Gasteiger charge is -2.37. The van der Waals surface area contributed by atoms with E-state index < -0.39 is 5.91 Å². The molecule has 1 fully saturated rings. The van der Waals surface area contributed by atoms with Crippen LogP contribution < -0.4 is 11.1 Å². The minimum atomic E-state index is -0.469. The van der Waals surface area contributed by atoms with Crippen molar-refractivity contribution in [1.29, 1.82) is 0 Å². The maximum atomic E-state index is 12.0. The van der Waals surface area contributed by atoms with Crippen LogP contribution >= 0.6 is 0 Å². The lowest BCUT2D eigenvalue weighted by Crippen LogP contribution is -2.49. The molecule has 0 spiro atoms. The van der Waals surface area contributed by atoms with Crippen LogP contribution in [0.3, 0.4) is 0 Å². The third-order valence-electron chi connectivity index (χ3n) is 3.65. The first-order valence-electron chi connectivity index (χ1n) is 6.20. The molecule has 0 aromatic heterocycles. The van der Waals surface area contributed by atoms with Crippen molar-refractivity contribution in [3.63, 3.8) is 0 Å². The summed E-state index contributed by atoms with van der Waals surface area (Å²) >= 11 is 0. The number of carbonyl (C=O) groups excluding carboxylic acids is 2. The second kappa shape index (κ2) is 6.00. The number of hydrogen-bond acceptors (Lipinski definition) is 3. The minimum Gasteiger partial charge on any atom is -0.368 e. The average Bonchev–Trinajstić information content (AvgIpc) is 2.29. The Hall–Kier alpha value is -1.10. The Bertz CT molecular complexity index is 285. The van der Waals surface area contributed by atoms with E-state index >= 15 is 0 Å². The fourth-order valence-corrected chi connectivity index (χ4v) is 2.49. The number of nitrogens with two attached hydrogens (primary N) is 1. The molecule has 1 rings (SSSR count). The number of primary amides is 1. The number of amides is 2. The van der Waals surface area contributed by atoms with Gasteiger partial charge in [0.2, 0.25) is 11.8 Å². The summed E-state index contributed by atoms with van der Waals surface area (Å²) < 4.78 is 0. The Morgan fingerprint density at radius 2 is 1.88 bits per heavy atom. The first kappa shape index (κ1) is 14.0. The van der Waals surface area contributed by atoms with E-state index in [4.69, 9.17) is 5.73 Å². The molecular weight excluding hydrogens is 218 g/mol. The molecule has 0 aliphatic heterocycles. The molecule has 0 unspecified atom stereocenters. The molecule has 0 bridgehead atoms. The van der Waals surface area contributed by atoms with Gasteiger partial charge in [0.15, 0.2) is 0 Å². The molecule has 1 aliphatic rings. The standard InChI is InChI=1S/C12H23N3O2/c1-14-12(6-4-3-5-7-12)8-11(17)15(2)9-10(13)16/h14H,3-9H2,1-2H3,(H2,13,16). The summed E-state index contributed by atoms with van der Waals surface area (Å²) in [6.07, 6.45) is 6.07. The topological polar surface area (TPSA) is 75.4 Å². The van der Waals surface area contributed by atoms with E-state index in [0.717, 1.165) is 25.7 Å². The van der Waals surface area contributed by atoms with E-state index in [1.54, 1.807) is 7.05 Å². The summed E-state index contributed by atoms with van der Waals surface area (Å²) in [5.74, 6) is -0.483. The first-order chi connectivity index (χ1) is 7.99. The van der Waals surface area contributed by atoms with E-state index in [2.05, 4.69) is 5.32 Å². The number of carbonyl (C=O) groups is 2. The van der Waals surface area contributed by atoms with Crippen molar-refractivity contribution < 1.29 is 9.59 Å². The second-order valence-corrected chi connectivity index (χ2v) is 4.98. The van der Waals surface area contributed by atoms with Gasteiger partial charge in [-0.25, -0.2) is 0 Å². The number of rotatable bonds is 5. The molecule has 2 amide bonds. The highest BCUT2D eigenvalue weighted by Gasteiger charge is 2.33. The normalized spacial score (nSPS) is 18.7. The van der Waals surface area contributed by atoms with Gasteiger partial charge in [-0.15, -0.1) is 0 Å². The van der Waals surface area contributed by atoms with Crippen molar-refractivity contribution in [3.8, 4) is 0 Å². The van der Waals surface area contributed by atoms with E-state index in [1.165, 1.54) is 11.3 Å². The molecule has 1 aliphatic carbocycles. The summed E-state index contributed by atoms with van der Waals surface area (Å²) in [7, 11) is 3.53. The molecule has 0 saturated heterocycles. The van der Waals surface area contributed by atoms with Gasteiger partial charge in [0.25, 0.3) is 0 Å². The predicted octanol–water partition coefficient (Wildman–Crippen LogP) is 0.242. The Morgan fingerprint density at radius 3 is 2.35 bits per heavy atom. The monoisotopic (exact) mass is 241 g/mol. The molecule has 0 heterocycles. The van der Waals surface area contributed by atoms with Crippen LogP contribution in [0.25, 0.3) is 0 Å². The lowest BCUT2D eigenvalue weighted by atomic mass is 9.79. The van der Waals surface area contributed by atoms with Crippen LogP contribution in [0.1, 0.15) is 38.5 Å². The molecule has 0 aromatic carbocycles. The highest BCUT2D eigenvalue weighted by Crippen LogP contribution is 2.31. The number of nitrogens with one attached hydrogen (secondary N) is 1. The fraction of sp³-hybridized carbons (Fsp3) is 0.833. The van der Waals surface area contributed by atoms with Crippen molar-refractivity contribution in [2.45, 2.75) is 44.1 Å². The number of nitrogens with zero attached hydrogens (tertiary/aromatic N) is 1. The van der Waals surface area contributed by atoms with Gasteiger partial charge in [0, 0.05) is 19.0 Å². The van der Waals surface area contributed by atoms with Crippen molar-refractivity contribution in [1.82, 2.24) is 10.2 Å². The summed E-state index contributed by atoms with van der Waals surface area (Å²) in [6, 6.07) is 0. The highest BCUT2D eigenvalue weighted by atomic mass is 16.2. The molecule has 5 nitrogen and oxygen atoms in total. The molecule has 98 valence electrons. The smallest absolute Gasteiger partial charge is 0.237 e. The van der Waals surface area contributed by atoms with Crippen molar-refractivity contribution in [2.24, 2.45) is 5.73 Å². The maximum Gasteiger partial charge on any atom is 0.237 e. The van der Waals surface area contributed by atoms with Crippen LogP contribution in [0.5, 0.6) is 0 Å². The van der Waals surface area contributed by atoms with Crippen molar-refractivity contribution >= 4 is 11.8 Å². The minimum absolute atomic E-state index is 0.00136. The Balaban J connectivity index is 2.55. The largest absolute Gasteiger partial charge is 0.368 e. The zero-order valence-corrected chi connectivity index (χ0v) is 10.8.